The molecule has 2 aliphatic heterocycles. The van der Waals surface area contributed by atoms with Crippen LogP contribution >= 0.6 is 0 Å². The Hall–Kier alpha value is -3.42. The summed E-state index contributed by atoms with van der Waals surface area (Å²) in [5.74, 6) is 1.12. The molecule has 2 aromatic heterocycles. The van der Waals surface area contributed by atoms with Gasteiger partial charge in [0.2, 0.25) is 5.95 Å². The van der Waals surface area contributed by atoms with E-state index in [1.165, 1.54) is 5.69 Å². The molecule has 3 aromatic rings. The highest BCUT2D eigenvalue weighted by atomic mass is 16.2. The number of likely N-dealkylation sites (tertiary alicyclic amines) is 1. The van der Waals surface area contributed by atoms with Gasteiger partial charge in [0.1, 0.15) is 0 Å². The third-order valence-corrected chi connectivity index (χ3v) is 7.40. The molecule has 0 aliphatic carbocycles. The first-order chi connectivity index (χ1) is 16.8. The van der Waals surface area contributed by atoms with Crippen LogP contribution in [0, 0.1) is 18.3 Å². The largest absolute Gasteiger partial charge is 0.334 e. The van der Waals surface area contributed by atoms with Crippen LogP contribution in [0.3, 0.4) is 0 Å². The van der Waals surface area contributed by atoms with Crippen molar-refractivity contribution in [2.75, 3.05) is 18.4 Å². The number of aryl methyl sites for hydroxylation is 2. The van der Waals surface area contributed by atoms with E-state index < -0.39 is 0 Å². The van der Waals surface area contributed by atoms with Crippen LogP contribution in [-0.4, -0.2) is 43.8 Å². The number of fused-ring (bicyclic) bond motifs is 1. The average molecular weight is 474 g/mol. The number of urea groups is 1. The first-order valence-corrected chi connectivity index (χ1v) is 12.6. The quantitative estimate of drug-likeness (QED) is 0.549. The van der Waals surface area contributed by atoms with E-state index in [1.807, 2.05) is 21.8 Å². The van der Waals surface area contributed by atoms with Gasteiger partial charge in [0.05, 0.1) is 23.3 Å². The minimum atomic E-state index is 0.0263. The lowest BCUT2D eigenvalue weighted by molar-refractivity contribution is 0.196. The molecule has 1 unspecified atom stereocenters. The number of aromatic nitrogens is 4. The molecule has 4 heterocycles. The summed E-state index contributed by atoms with van der Waals surface area (Å²) in [6.07, 6.45) is 6.85. The van der Waals surface area contributed by atoms with Crippen LogP contribution in [0.2, 0.25) is 0 Å². The Bertz CT molecular complexity index is 1230. The molecule has 35 heavy (non-hydrogen) atoms. The van der Waals surface area contributed by atoms with Crippen molar-refractivity contribution in [2.45, 2.75) is 60.0 Å². The number of hydrogen-bond acceptors (Lipinski definition) is 5. The molecule has 2 N–H and O–H groups in total. The molecule has 0 spiro atoms. The fraction of sp³-hybridized carbons (Fsp3) is 0.481. The van der Waals surface area contributed by atoms with E-state index in [4.69, 9.17) is 4.98 Å². The van der Waals surface area contributed by atoms with Crippen LogP contribution in [0.5, 0.6) is 0 Å². The van der Waals surface area contributed by atoms with Crippen molar-refractivity contribution < 1.29 is 4.79 Å². The number of amides is 2. The van der Waals surface area contributed by atoms with Crippen LogP contribution in [0.25, 0.3) is 11.3 Å². The predicted octanol–water partition coefficient (Wildman–Crippen LogP) is 4.92. The van der Waals surface area contributed by atoms with Gasteiger partial charge in [-0.15, -0.1) is 0 Å². The van der Waals surface area contributed by atoms with Crippen molar-refractivity contribution in [3.05, 3.63) is 53.5 Å². The van der Waals surface area contributed by atoms with Gasteiger partial charge in [0, 0.05) is 37.9 Å². The van der Waals surface area contributed by atoms with Gasteiger partial charge in [-0.3, -0.25) is 4.68 Å². The molecule has 0 saturated carbocycles. The highest BCUT2D eigenvalue weighted by molar-refractivity contribution is 5.74. The van der Waals surface area contributed by atoms with Gasteiger partial charge in [-0.05, 0) is 60.8 Å². The van der Waals surface area contributed by atoms with E-state index in [1.54, 1.807) is 6.20 Å². The fourth-order valence-corrected chi connectivity index (χ4v) is 5.06. The van der Waals surface area contributed by atoms with Crippen LogP contribution in [-0.2, 0) is 19.5 Å². The Kier molecular flexibility index (Phi) is 6.21. The number of nitrogens with one attached hydrogen (secondary N) is 2. The van der Waals surface area contributed by atoms with Crippen LogP contribution < -0.4 is 10.6 Å². The summed E-state index contributed by atoms with van der Waals surface area (Å²) >= 11 is 0. The highest BCUT2D eigenvalue weighted by Crippen LogP contribution is 2.33. The van der Waals surface area contributed by atoms with E-state index in [-0.39, 0.29) is 11.4 Å². The first-order valence-electron chi connectivity index (χ1n) is 12.6. The summed E-state index contributed by atoms with van der Waals surface area (Å²) in [6, 6.07) is 8.20. The molecule has 0 bridgehead atoms. The summed E-state index contributed by atoms with van der Waals surface area (Å²) in [5.41, 5.74) is 6.54. The second kappa shape index (κ2) is 9.32. The number of benzene rings is 1. The van der Waals surface area contributed by atoms with Gasteiger partial charge >= 0.3 is 6.03 Å². The zero-order chi connectivity index (χ0) is 24.6. The van der Waals surface area contributed by atoms with Crippen molar-refractivity contribution in [3.8, 4) is 11.3 Å². The zero-order valence-corrected chi connectivity index (χ0v) is 21.1. The second-order valence-electron chi connectivity index (χ2n) is 10.8. The van der Waals surface area contributed by atoms with Gasteiger partial charge in [-0.1, -0.05) is 32.9 Å². The average Bonchev–Trinajstić information content (AvgIpc) is 3.57. The third-order valence-electron chi connectivity index (χ3n) is 7.40. The normalized spacial score (nSPS) is 17.5. The molecule has 1 atom stereocenters. The van der Waals surface area contributed by atoms with E-state index in [0.29, 0.717) is 18.4 Å². The Morgan fingerprint density at radius 1 is 1.20 bits per heavy atom. The molecule has 0 radical (unpaired) electrons. The zero-order valence-electron chi connectivity index (χ0n) is 21.1. The molecular formula is C27H35N7O. The molecule has 8 nitrogen and oxygen atoms in total. The smallest absolute Gasteiger partial charge is 0.317 e. The molecule has 8 heteroatoms. The molecule has 1 saturated heterocycles. The second-order valence-corrected chi connectivity index (χ2v) is 10.8. The van der Waals surface area contributed by atoms with Crippen molar-refractivity contribution in [1.82, 2.24) is 30.0 Å². The Labute approximate surface area is 207 Å². The topological polar surface area (TPSA) is 88.0 Å². The Balaban J connectivity index is 1.22. The van der Waals surface area contributed by atoms with E-state index >= 15 is 0 Å². The monoisotopic (exact) mass is 473 g/mol. The summed E-state index contributed by atoms with van der Waals surface area (Å²) < 4.78 is 2.04. The molecule has 2 aliphatic rings. The molecule has 2 amide bonds. The number of rotatable bonds is 5. The Morgan fingerprint density at radius 3 is 2.83 bits per heavy atom. The number of carbonyl (C=O) groups is 1. The SMILES string of the molecule is Cc1cc(-c2ccnc(Nc3cnn4c3CCC4)n2)ccc1CNC(=O)N1CCC(C(C)(C)C)C1. The summed E-state index contributed by atoms with van der Waals surface area (Å²) in [7, 11) is 0. The van der Waals surface area contributed by atoms with Crippen LogP contribution in [0.15, 0.2) is 36.7 Å². The van der Waals surface area contributed by atoms with Crippen molar-refractivity contribution in [2.24, 2.45) is 11.3 Å². The molecular weight excluding hydrogens is 438 g/mol. The fourth-order valence-electron chi connectivity index (χ4n) is 5.06. The van der Waals surface area contributed by atoms with E-state index in [2.05, 4.69) is 66.6 Å². The maximum Gasteiger partial charge on any atom is 0.317 e. The number of carbonyl (C=O) groups excluding carboxylic acids is 1. The Morgan fingerprint density at radius 2 is 2.06 bits per heavy atom. The molecule has 1 aromatic carbocycles. The maximum absolute atomic E-state index is 12.7. The lowest BCUT2D eigenvalue weighted by Crippen LogP contribution is -2.39. The lowest BCUT2D eigenvalue weighted by atomic mass is 9.80. The predicted molar refractivity (Wildman–Crippen MR) is 137 cm³/mol. The number of anilines is 2. The number of hydrogen-bond donors (Lipinski definition) is 2. The van der Waals surface area contributed by atoms with Gasteiger partial charge in [0.15, 0.2) is 0 Å². The van der Waals surface area contributed by atoms with Gasteiger partial charge < -0.3 is 15.5 Å². The van der Waals surface area contributed by atoms with Gasteiger partial charge in [-0.2, -0.15) is 5.10 Å². The summed E-state index contributed by atoms with van der Waals surface area (Å²) in [5, 5.41) is 10.9. The van der Waals surface area contributed by atoms with Gasteiger partial charge in [-0.25, -0.2) is 14.8 Å². The minimum absolute atomic E-state index is 0.0263. The molecule has 184 valence electrons. The van der Waals surface area contributed by atoms with Crippen molar-refractivity contribution in [1.29, 1.82) is 0 Å². The van der Waals surface area contributed by atoms with Crippen LogP contribution in [0.4, 0.5) is 16.4 Å². The first kappa shape index (κ1) is 23.3. The standard InChI is InChI=1S/C27H35N7O/c1-18-14-19(7-8-20(18)15-29-26(35)33-13-10-21(17-33)27(2,3)4)22-9-11-28-25(31-22)32-23-16-30-34-12-5-6-24(23)34/h7-9,11,14,16,21H,5-6,10,12-13,15,17H2,1-4H3,(H,29,35)(H,28,31,32). The summed E-state index contributed by atoms with van der Waals surface area (Å²) in [6.45, 7) is 12.0. The number of nitrogens with zero attached hydrogens (tertiary/aromatic N) is 5. The summed E-state index contributed by atoms with van der Waals surface area (Å²) in [4.78, 5) is 23.8. The molecule has 1 fully saturated rings. The van der Waals surface area contributed by atoms with Crippen LogP contribution in [0.1, 0.15) is 50.4 Å². The maximum atomic E-state index is 12.7. The lowest BCUT2D eigenvalue weighted by Gasteiger charge is -2.27. The van der Waals surface area contributed by atoms with E-state index in [0.717, 1.165) is 67.0 Å². The van der Waals surface area contributed by atoms with E-state index in [9.17, 15) is 4.79 Å². The molecule has 5 rings (SSSR count). The highest BCUT2D eigenvalue weighted by Gasteiger charge is 2.33. The van der Waals surface area contributed by atoms with Crippen molar-refractivity contribution >= 4 is 17.7 Å². The van der Waals surface area contributed by atoms with Crippen molar-refractivity contribution in [3.63, 3.8) is 0 Å². The third kappa shape index (κ3) is 5.01. The minimum Gasteiger partial charge on any atom is -0.334 e. The van der Waals surface area contributed by atoms with Gasteiger partial charge in [0.25, 0.3) is 0 Å².